The maximum Gasteiger partial charge on any atom is 0.347 e. The van der Waals surface area contributed by atoms with Gasteiger partial charge in [0.25, 0.3) is 0 Å². The molecule has 27 heavy (non-hydrogen) atoms. The van der Waals surface area contributed by atoms with Crippen molar-refractivity contribution in [1.29, 1.82) is 0 Å². The number of carboxylic acids is 1. The fourth-order valence-corrected chi connectivity index (χ4v) is 2.03. The second-order valence-electron chi connectivity index (χ2n) is 5.99. The van der Waals surface area contributed by atoms with Crippen LogP contribution in [0.4, 0.5) is 5.69 Å². The van der Waals surface area contributed by atoms with Crippen LogP contribution in [0.3, 0.4) is 0 Å². The van der Waals surface area contributed by atoms with Crippen LogP contribution < -0.4 is 11.1 Å². The highest BCUT2D eigenvalue weighted by Crippen LogP contribution is 2.24. The first kappa shape index (κ1) is 24.4. The molecule has 1 aromatic carbocycles. The molecule has 1 unspecified atom stereocenters. The Morgan fingerprint density at radius 1 is 1.11 bits per heavy atom. The van der Waals surface area contributed by atoms with Crippen molar-refractivity contribution in [2.24, 2.45) is 5.73 Å². The summed E-state index contributed by atoms with van der Waals surface area (Å²) in [7, 11) is 0. The summed E-state index contributed by atoms with van der Waals surface area (Å²) in [6.45, 7) is 10.9. The molecule has 1 aromatic rings. The van der Waals surface area contributed by atoms with E-state index in [4.69, 9.17) is 14.6 Å². The van der Waals surface area contributed by atoms with Gasteiger partial charge in [0.05, 0.1) is 13.2 Å². The number of carbonyl (C=O) groups is 3. The second kappa shape index (κ2) is 11.9. The Kier molecular flexibility index (Phi) is 10.7. The summed E-state index contributed by atoms with van der Waals surface area (Å²) in [5.41, 5.74) is 8.79. The van der Waals surface area contributed by atoms with E-state index < -0.39 is 30.1 Å². The molecule has 0 aromatic heterocycles. The molecule has 1 rings (SSSR count). The maximum absolute atomic E-state index is 12.1. The van der Waals surface area contributed by atoms with Gasteiger partial charge in [-0.05, 0) is 58.2 Å². The molecule has 0 aliphatic rings. The number of hydrogen-bond acceptors (Lipinski definition) is 7. The summed E-state index contributed by atoms with van der Waals surface area (Å²) in [6, 6.07) is 3.49. The minimum absolute atomic E-state index is 0.260. The van der Waals surface area contributed by atoms with Crippen LogP contribution in [0, 0.1) is 20.8 Å². The summed E-state index contributed by atoms with van der Waals surface area (Å²) >= 11 is 0. The molecule has 0 saturated heterocycles. The molecule has 0 aliphatic heterocycles. The quantitative estimate of drug-likeness (QED) is 0.610. The molecule has 0 fully saturated rings. The van der Waals surface area contributed by atoms with Crippen molar-refractivity contribution in [3.8, 4) is 0 Å². The fourth-order valence-electron chi connectivity index (χ4n) is 2.03. The van der Waals surface area contributed by atoms with Crippen LogP contribution in [-0.2, 0) is 23.9 Å². The molecule has 0 spiro atoms. The highest BCUT2D eigenvalue weighted by Gasteiger charge is 2.23. The van der Waals surface area contributed by atoms with Gasteiger partial charge in [0, 0.05) is 5.69 Å². The predicted octanol–water partition coefficient (Wildman–Crippen LogP) is 1.94. The lowest BCUT2D eigenvalue weighted by Crippen LogP contribution is -2.34. The van der Waals surface area contributed by atoms with Crippen molar-refractivity contribution in [2.45, 2.75) is 53.7 Å². The Morgan fingerprint density at radius 3 is 2.11 bits per heavy atom. The SMILES string of the molecule is CCOC(=O)C(C)OC(=O)[C@H](C)Nc1c(C)ccc(C)c1C.NCC(=O)O. The maximum atomic E-state index is 12.1. The van der Waals surface area contributed by atoms with Crippen LogP contribution in [0.25, 0.3) is 0 Å². The standard InChI is InChI=1S/C17H25NO4.C2H5NO2/c1-7-21-17(20)14(6)22-16(19)13(5)18-15-11(3)9-8-10(2)12(15)4;3-1-2(4)5/h8-9,13-14,18H,7H2,1-6H3;1,3H2,(H,4,5)/t13-,14?;/m0./s1. The van der Waals surface area contributed by atoms with Crippen molar-refractivity contribution >= 4 is 23.6 Å². The van der Waals surface area contributed by atoms with Crippen molar-refractivity contribution in [2.75, 3.05) is 18.5 Å². The Balaban J connectivity index is 0.00000119. The number of ether oxygens (including phenoxy) is 2. The molecule has 0 aliphatic carbocycles. The summed E-state index contributed by atoms with van der Waals surface area (Å²) in [4.78, 5) is 32.8. The number of benzene rings is 1. The monoisotopic (exact) mass is 382 g/mol. The van der Waals surface area contributed by atoms with E-state index in [-0.39, 0.29) is 13.2 Å². The van der Waals surface area contributed by atoms with E-state index in [9.17, 15) is 14.4 Å². The van der Waals surface area contributed by atoms with Gasteiger partial charge in [-0.25, -0.2) is 9.59 Å². The predicted molar refractivity (Wildman–Crippen MR) is 103 cm³/mol. The molecule has 152 valence electrons. The molecule has 0 radical (unpaired) electrons. The third-order valence-corrected chi connectivity index (χ3v) is 3.74. The van der Waals surface area contributed by atoms with Crippen LogP contribution in [0.1, 0.15) is 37.5 Å². The van der Waals surface area contributed by atoms with Crippen LogP contribution in [0.2, 0.25) is 0 Å². The van der Waals surface area contributed by atoms with Crippen LogP contribution in [-0.4, -0.2) is 48.3 Å². The summed E-state index contributed by atoms with van der Waals surface area (Å²) < 4.78 is 9.95. The smallest absolute Gasteiger partial charge is 0.347 e. The van der Waals surface area contributed by atoms with E-state index in [1.54, 1.807) is 13.8 Å². The molecule has 4 N–H and O–H groups in total. The number of hydrogen-bond donors (Lipinski definition) is 3. The first-order chi connectivity index (χ1) is 12.5. The van der Waals surface area contributed by atoms with Gasteiger partial charge in [-0.15, -0.1) is 0 Å². The molecule has 8 nitrogen and oxygen atoms in total. The van der Waals surface area contributed by atoms with E-state index in [1.165, 1.54) is 6.92 Å². The minimum atomic E-state index is -0.968. The highest BCUT2D eigenvalue weighted by molar-refractivity contribution is 5.83. The van der Waals surface area contributed by atoms with Crippen molar-refractivity contribution < 1.29 is 29.0 Å². The Morgan fingerprint density at radius 2 is 1.63 bits per heavy atom. The number of nitrogens with two attached hydrogens (primary N) is 1. The van der Waals surface area contributed by atoms with E-state index in [2.05, 4.69) is 11.1 Å². The lowest BCUT2D eigenvalue weighted by Gasteiger charge is -2.20. The average molecular weight is 382 g/mol. The van der Waals surface area contributed by atoms with Gasteiger partial charge in [0.2, 0.25) is 0 Å². The molecule has 2 atom stereocenters. The zero-order valence-corrected chi connectivity index (χ0v) is 16.8. The van der Waals surface area contributed by atoms with Crippen LogP contribution in [0.15, 0.2) is 12.1 Å². The molecule has 0 bridgehead atoms. The van der Waals surface area contributed by atoms with Crippen LogP contribution >= 0.6 is 0 Å². The highest BCUT2D eigenvalue weighted by atomic mass is 16.6. The molecule has 0 amide bonds. The zero-order valence-electron chi connectivity index (χ0n) is 16.8. The number of anilines is 1. The molecule has 0 heterocycles. The number of aryl methyl sites for hydroxylation is 2. The summed E-state index contributed by atoms with van der Waals surface area (Å²) in [5, 5.41) is 10.8. The third-order valence-electron chi connectivity index (χ3n) is 3.74. The zero-order chi connectivity index (χ0) is 21.1. The van der Waals surface area contributed by atoms with Gasteiger partial charge in [0.1, 0.15) is 6.04 Å². The lowest BCUT2D eigenvalue weighted by molar-refractivity contribution is -0.166. The van der Waals surface area contributed by atoms with Crippen molar-refractivity contribution in [3.05, 3.63) is 28.8 Å². The molecule has 0 saturated carbocycles. The first-order valence-electron chi connectivity index (χ1n) is 8.67. The van der Waals surface area contributed by atoms with E-state index in [0.29, 0.717) is 0 Å². The van der Waals surface area contributed by atoms with Gasteiger partial charge < -0.3 is 25.6 Å². The normalized spacial score (nSPS) is 12.1. The Bertz CT molecular complexity index is 660. The lowest BCUT2D eigenvalue weighted by atomic mass is 10.0. The van der Waals surface area contributed by atoms with Crippen molar-refractivity contribution in [3.63, 3.8) is 0 Å². The van der Waals surface area contributed by atoms with Gasteiger partial charge in [-0.1, -0.05) is 12.1 Å². The molecular formula is C19H30N2O6. The largest absolute Gasteiger partial charge is 0.480 e. The number of aliphatic carboxylic acids is 1. The fraction of sp³-hybridized carbons (Fsp3) is 0.526. The molecular weight excluding hydrogens is 352 g/mol. The van der Waals surface area contributed by atoms with Gasteiger partial charge >= 0.3 is 17.9 Å². The average Bonchev–Trinajstić information content (AvgIpc) is 2.62. The van der Waals surface area contributed by atoms with E-state index in [0.717, 1.165) is 22.4 Å². The summed E-state index contributed by atoms with van der Waals surface area (Å²) in [6.07, 6.45) is -0.906. The summed E-state index contributed by atoms with van der Waals surface area (Å²) in [5.74, 6) is -1.99. The number of carboxylic acid groups (broad SMARTS) is 1. The van der Waals surface area contributed by atoms with Crippen LogP contribution in [0.5, 0.6) is 0 Å². The Hall–Kier alpha value is -2.61. The third kappa shape index (κ3) is 8.54. The second-order valence-corrected chi connectivity index (χ2v) is 5.99. The number of carbonyl (C=O) groups excluding carboxylic acids is 2. The number of rotatable bonds is 7. The first-order valence-corrected chi connectivity index (χ1v) is 8.67. The van der Waals surface area contributed by atoms with E-state index >= 15 is 0 Å². The van der Waals surface area contributed by atoms with Gasteiger partial charge in [-0.2, -0.15) is 0 Å². The van der Waals surface area contributed by atoms with E-state index in [1.807, 2.05) is 32.9 Å². The minimum Gasteiger partial charge on any atom is -0.480 e. The molecule has 8 heteroatoms. The van der Waals surface area contributed by atoms with Crippen molar-refractivity contribution in [1.82, 2.24) is 0 Å². The van der Waals surface area contributed by atoms with Gasteiger partial charge in [-0.3, -0.25) is 4.79 Å². The number of nitrogens with one attached hydrogen (secondary N) is 1. The Labute approximate surface area is 160 Å². The van der Waals surface area contributed by atoms with Gasteiger partial charge in [0.15, 0.2) is 6.10 Å². The topological polar surface area (TPSA) is 128 Å². The number of esters is 2.